The molecule has 40 heavy (non-hydrogen) atoms. The maximum Gasteiger partial charge on any atom is 0.348 e. The lowest BCUT2D eigenvalue weighted by Gasteiger charge is -2.10. The van der Waals surface area contributed by atoms with Crippen LogP contribution in [0.3, 0.4) is 0 Å². The van der Waals surface area contributed by atoms with Gasteiger partial charge in [0.25, 0.3) is 5.56 Å². The summed E-state index contributed by atoms with van der Waals surface area (Å²) in [5.74, 6) is -0.562. The highest BCUT2D eigenvalue weighted by Gasteiger charge is 2.19. The predicted octanol–water partition coefficient (Wildman–Crippen LogP) is 3.41. The van der Waals surface area contributed by atoms with E-state index in [9.17, 15) is 22.8 Å². The number of aromatic nitrogens is 2. The van der Waals surface area contributed by atoms with E-state index in [4.69, 9.17) is 9.88 Å². The van der Waals surface area contributed by atoms with Crippen molar-refractivity contribution >= 4 is 37.5 Å². The summed E-state index contributed by atoms with van der Waals surface area (Å²) in [6.45, 7) is 0.146. The molecule has 0 radical (unpaired) electrons. The predicted molar refractivity (Wildman–Crippen MR) is 153 cm³/mol. The molecule has 5 aromatic rings. The lowest BCUT2D eigenvalue weighted by Crippen LogP contribution is -2.38. The van der Waals surface area contributed by atoms with Crippen LogP contribution in [0.1, 0.15) is 31.9 Å². The molecule has 0 spiro atoms. The SMILES string of the molecule is Cn1c(=O)n(Cc2cccc(Cc3ccc(S(N)(=O)=O)cc3)c2)c(=O)c2cc(C(=O)OCc3ccccc3)sc21. The molecule has 0 aliphatic heterocycles. The summed E-state index contributed by atoms with van der Waals surface area (Å²) in [4.78, 5) is 39.9. The van der Waals surface area contributed by atoms with Crippen LogP contribution in [0.2, 0.25) is 0 Å². The molecule has 204 valence electrons. The lowest BCUT2D eigenvalue weighted by molar-refractivity contribution is 0.0478. The van der Waals surface area contributed by atoms with Gasteiger partial charge < -0.3 is 4.74 Å². The Bertz CT molecular complexity index is 1940. The first-order valence-corrected chi connectivity index (χ1v) is 14.6. The summed E-state index contributed by atoms with van der Waals surface area (Å²) in [6, 6.07) is 24.5. The molecule has 2 heterocycles. The van der Waals surface area contributed by atoms with Crippen LogP contribution in [0.15, 0.2) is 99.4 Å². The first-order chi connectivity index (χ1) is 19.1. The maximum atomic E-state index is 13.4. The molecule has 2 aromatic heterocycles. The number of thiophene rings is 1. The van der Waals surface area contributed by atoms with Crippen molar-refractivity contribution in [3.63, 3.8) is 0 Å². The second kappa shape index (κ2) is 11.0. The number of carbonyl (C=O) groups excluding carboxylic acids is 1. The Hall–Kier alpha value is -4.32. The minimum absolute atomic E-state index is 0.0386. The Morgan fingerprint density at radius 1 is 0.875 bits per heavy atom. The van der Waals surface area contributed by atoms with E-state index in [2.05, 4.69) is 0 Å². The van der Waals surface area contributed by atoms with E-state index in [0.717, 1.165) is 38.2 Å². The Morgan fingerprint density at radius 2 is 1.55 bits per heavy atom. The zero-order valence-electron chi connectivity index (χ0n) is 21.4. The monoisotopic (exact) mass is 575 g/mol. The zero-order valence-corrected chi connectivity index (χ0v) is 23.1. The van der Waals surface area contributed by atoms with Crippen molar-refractivity contribution < 1.29 is 17.9 Å². The fourth-order valence-electron chi connectivity index (χ4n) is 4.37. The molecule has 9 nitrogen and oxygen atoms in total. The molecule has 0 aliphatic rings. The van der Waals surface area contributed by atoms with Gasteiger partial charge >= 0.3 is 11.7 Å². The zero-order chi connectivity index (χ0) is 28.4. The summed E-state index contributed by atoms with van der Waals surface area (Å²) in [5, 5.41) is 5.44. The standard InChI is InChI=1S/C29H25N3O6S2/c1-31-27-24(16-25(39-27)28(34)38-18-20-6-3-2-4-7-20)26(33)32(29(31)35)17-22-9-5-8-21(15-22)14-19-10-12-23(13-11-19)40(30,36)37/h2-13,15-16H,14,17-18H2,1H3,(H2,30,36,37). The number of rotatable bonds is 8. The highest BCUT2D eigenvalue weighted by Crippen LogP contribution is 2.23. The van der Waals surface area contributed by atoms with Gasteiger partial charge in [-0.3, -0.25) is 13.9 Å². The average molecular weight is 576 g/mol. The van der Waals surface area contributed by atoms with Gasteiger partial charge in [-0.05, 0) is 46.9 Å². The third-order valence-electron chi connectivity index (χ3n) is 6.42. The molecule has 0 amide bonds. The van der Waals surface area contributed by atoms with Crippen LogP contribution in [0.4, 0.5) is 0 Å². The van der Waals surface area contributed by atoms with Gasteiger partial charge in [-0.1, -0.05) is 66.7 Å². The number of aryl methyl sites for hydroxylation is 1. The Morgan fingerprint density at radius 3 is 2.25 bits per heavy atom. The molecule has 3 aromatic carbocycles. The van der Waals surface area contributed by atoms with Gasteiger partial charge in [0.05, 0.1) is 16.8 Å². The summed E-state index contributed by atoms with van der Waals surface area (Å²) < 4.78 is 30.9. The molecular formula is C29H25N3O6S2. The summed E-state index contributed by atoms with van der Waals surface area (Å²) in [7, 11) is -2.20. The van der Waals surface area contributed by atoms with E-state index in [0.29, 0.717) is 11.3 Å². The highest BCUT2D eigenvalue weighted by molar-refractivity contribution is 7.89. The number of esters is 1. The van der Waals surface area contributed by atoms with Crippen molar-refractivity contribution in [2.24, 2.45) is 12.2 Å². The Labute approximate surface area is 233 Å². The molecule has 0 aliphatic carbocycles. The first kappa shape index (κ1) is 27.3. The van der Waals surface area contributed by atoms with E-state index in [1.807, 2.05) is 54.6 Å². The minimum Gasteiger partial charge on any atom is -0.457 e. The lowest BCUT2D eigenvalue weighted by atomic mass is 10.0. The van der Waals surface area contributed by atoms with E-state index in [1.165, 1.54) is 22.8 Å². The normalized spacial score (nSPS) is 11.6. The molecule has 0 saturated carbocycles. The van der Waals surface area contributed by atoms with Gasteiger partial charge in [-0.15, -0.1) is 11.3 Å². The Balaban J connectivity index is 1.38. The van der Waals surface area contributed by atoms with E-state index < -0.39 is 27.2 Å². The molecule has 0 atom stereocenters. The summed E-state index contributed by atoms with van der Waals surface area (Å²) in [5.41, 5.74) is 2.41. The number of nitrogens with zero attached hydrogens (tertiary/aromatic N) is 2. The van der Waals surface area contributed by atoms with Gasteiger partial charge in [0.15, 0.2) is 0 Å². The number of hydrogen-bond acceptors (Lipinski definition) is 7. The van der Waals surface area contributed by atoms with Gasteiger partial charge in [-0.2, -0.15) is 0 Å². The number of fused-ring (bicyclic) bond motifs is 1. The number of hydrogen-bond donors (Lipinski definition) is 1. The quantitative estimate of drug-likeness (QED) is 0.282. The second-order valence-corrected chi connectivity index (χ2v) is 11.9. The van der Waals surface area contributed by atoms with Crippen molar-refractivity contribution in [2.75, 3.05) is 0 Å². The molecule has 5 rings (SSSR count). The van der Waals surface area contributed by atoms with Crippen LogP contribution in [0.5, 0.6) is 0 Å². The molecule has 0 unspecified atom stereocenters. The Kier molecular flexibility index (Phi) is 7.53. The van der Waals surface area contributed by atoms with E-state index in [1.54, 1.807) is 19.2 Å². The third-order valence-corrected chi connectivity index (χ3v) is 8.54. The molecule has 0 fully saturated rings. The number of sulfonamides is 1. The van der Waals surface area contributed by atoms with Crippen LogP contribution in [0, 0.1) is 0 Å². The second-order valence-electron chi connectivity index (χ2n) is 9.31. The van der Waals surface area contributed by atoms with Crippen molar-refractivity contribution in [3.05, 3.63) is 133 Å². The number of benzene rings is 3. The number of carbonyl (C=O) groups is 1. The van der Waals surface area contributed by atoms with Crippen LogP contribution < -0.4 is 16.4 Å². The molecule has 2 N–H and O–H groups in total. The largest absolute Gasteiger partial charge is 0.457 e. The topological polar surface area (TPSA) is 130 Å². The van der Waals surface area contributed by atoms with Gasteiger partial charge in [0, 0.05) is 7.05 Å². The molecule has 11 heteroatoms. The van der Waals surface area contributed by atoms with Crippen molar-refractivity contribution in [3.8, 4) is 0 Å². The summed E-state index contributed by atoms with van der Waals surface area (Å²) in [6.07, 6.45) is 0.518. The van der Waals surface area contributed by atoms with Crippen LogP contribution >= 0.6 is 11.3 Å². The van der Waals surface area contributed by atoms with Gasteiger partial charge in [-0.25, -0.2) is 23.1 Å². The minimum atomic E-state index is -3.77. The molecular weight excluding hydrogens is 550 g/mol. The van der Waals surface area contributed by atoms with E-state index in [-0.39, 0.29) is 28.3 Å². The number of nitrogens with two attached hydrogens (primary N) is 1. The van der Waals surface area contributed by atoms with Crippen molar-refractivity contribution in [2.45, 2.75) is 24.5 Å². The van der Waals surface area contributed by atoms with Crippen LogP contribution in [0.25, 0.3) is 10.2 Å². The van der Waals surface area contributed by atoms with E-state index >= 15 is 0 Å². The highest BCUT2D eigenvalue weighted by atomic mass is 32.2. The average Bonchev–Trinajstić information content (AvgIpc) is 3.40. The van der Waals surface area contributed by atoms with Crippen LogP contribution in [-0.2, 0) is 41.4 Å². The van der Waals surface area contributed by atoms with Crippen molar-refractivity contribution in [1.82, 2.24) is 9.13 Å². The molecule has 0 saturated heterocycles. The van der Waals surface area contributed by atoms with Gasteiger partial charge in [0.1, 0.15) is 16.3 Å². The molecule has 0 bridgehead atoms. The van der Waals surface area contributed by atoms with Gasteiger partial charge in [0.2, 0.25) is 10.0 Å². The fraction of sp³-hybridized carbons (Fsp3) is 0.138. The van der Waals surface area contributed by atoms with Crippen molar-refractivity contribution in [1.29, 1.82) is 0 Å². The third kappa shape index (κ3) is 5.81. The number of ether oxygens (including phenoxy) is 1. The maximum absolute atomic E-state index is 13.4. The number of primary sulfonamides is 1. The smallest absolute Gasteiger partial charge is 0.348 e. The fourth-order valence-corrected chi connectivity index (χ4v) is 5.89. The summed E-state index contributed by atoms with van der Waals surface area (Å²) >= 11 is 1.05. The van der Waals surface area contributed by atoms with Crippen LogP contribution in [-0.4, -0.2) is 23.5 Å². The first-order valence-electron chi connectivity index (χ1n) is 12.2.